The SMILES string of the molecule is CCN(CC)c1ccc(C(=O)OC)cc1. The smallest absolute Gasteiger partial charge is 0.337 e. The number of anilines is 1. The molecule has 1 aromatic rings. The molecule has 1 rings (SSSR count). The average Bonchev–Trinajstić information content (AvgIpc) is 2.30. The van der Waals surface area contributed by atoms with Crippen LogP contribution in [-0.2, 0) is 4.74 Å². The lowest BCUT2D eigenvalue weighted by Crippen LogP contribution is -2.21. The van der Waals surface area contributed by atoms with Gasteiger partial charge in [0.15, 0.2) is 0 Å². The monoisotopic (exact) mass is 207 g/mol. The highest BCUT2D eigenvalue weighted by Crippen LogP contribution is 2.15. The van der Waals surface area contributed by atoms with Gasteiger partial charge in [-0.05, 0) is 38.1 Å². The van der Waals surface area contributed by atoms with Crippen LogP contribution < -0.4 is 4.90 Å². The van der Waals surface area contributed by atoms with Crippen molar-refractivity contribution in [1.29, 1.82) is 0 Å². The first-order chi connectivity index (χ1) is 7.22. The van der Waals surface area contributed by atoms with Crippen LogP contribution in [0.2, 0.25) is 0 Å². The quantitative estimate of drug-likeness (QED) is 0.710. The van der Waals surface area contributed by atoms with Gasteiger partial charge in [-0.15, -0.1) is 0 Å². The highest BCUT2D eigenvalue weighted by atomic mass is 16.5. The van der Waals surface area contributed by atoms with Gasteiger partial charge in [0.1, 0.15) is 0 Å². The Morgan fingerprint density at radius 3 is 2.13 bits per heavy atom. The van der Waals surface area contributed by atoms with E-state index in [9.17, 15) is 4.79 Å². The number of carbonyl (C=O) groups is 1. The van der Waals surface area contributed by atoms with Gasteiger partial charge >= 0.3 is 5.97 Å². The zero-order valence-corrected chi connectivity index (χ0v) is 9.49. The fourth-order valence-corrected chi connectivity index (χ4v) is 1.51. The van der Waals surface area contributed by atoms with E-state index in [-0.39, 0.29) is 5.97 Å². The zero-order chi connectivity index (χ0) is 11.3. The molecule has 0 spiro atoms. The van der Waals surface area contributed by atoms with E-state index in [2.05, 4.69) is 23.5 Å². The summed E-state index contributed by atoms with van der Waals surface area (Å²) < 4.78 is 4.64. The Morgan fingerprint density at radius 2 is 1.73 bits per heavy atom. The average molecular weight is 207 g/mol. The number of nitrogens with zero attached hydrogens (tertiary/aromatic N) is 1. The largest absolute Gasteiger partial charge is 0.465 e. The second kappa shape index (κ2) is 5.39. The van der Waals surface area contributed by atoms with Gasteiger partial charge in [0, 0.05) is 18.8 Å². The first kappa shape index (κ1) is 11.6. The number of carbonyl (C=O) groups excluding carboxylic acids is 1. The Hall–Kier alpha value is -1.51. The Balaban J connectivity index is 2.84. The third-order valence-corrected chi connectivity index (χ3v) is 2.42. The maximum absolute atomic E-state index is 11.2. The summed E-state index contributed by atoms with van der Waals surface area (Å²) in [6.07, 6.45) is 0. The van der Waals surface area contributed by atoms with Crippen LogP contribution in [0.15, 0.2) is 24.3 Å². The molecule has 0 heterocycles. The van der Waals surface area contributed by atoms with Gasteiger partial charge in [0.25, 0.3) is 0 Å². The third-order valence-electron chi connectivity index (χ3n) is 2.42. The zero-order valence-electron chi connectivity index (χ0n) is 9.49. The molecule has 0 aliphatic rings. The first-order valence-electron chi connectivity index (χ1n) is 5.16. The summed E-state index contributed by atoms with van der Waals surface area (Å²) in [5.74, 6) is -0.291. The number of esters is 1. The second-order valence-electron chi connectivity index (χ2n) is 3.21. The van der Waals surface area contributed by atoms with Crippen LogP contribution in [0, 0.1) is 0 Å². The molecule has 0 bridgehead atoms. The van der Waals surface area contributed by atoms with Crippen molar-refractivity contribution in [3.05, 3.63) is 29.8 Å². The van der Waals surface area contributed by atoms with E-state index >= 15 is 0 Å². The number of benzene rings is 1. The highest BCUT2D eigenvalue weighted by Gasteiger charge is 2.06. The summed E-state index contributed by atoms with van der Waals surface area (Å²) in [6, 6.07) is 7.47. The summed E-state index contributed by atoms with van der Waals surface area (Å²) in [5.41, 5.74) is 1.72. The van der Waals surface area contributed by atoms with Crippen LogP contribution in [0.5, 0.6) is 0 Å². The lowest BCUT2D eigenvalue weighted by Gasteiger charge is -2.20. The van der Waals surface area contributed by atoms with Crippen molar-refractivity contribution in [2.75, 3.05) is 25.1 Å². The normalized spacial score (nSPS) is 9.80. The minimum Gasteiger partial charge on any atom is -0.465 e. The Morgan fingerprint density at radius 1 is 1.20 bits per heavy atom. The standard InChI is InChI=1S/C12H17NO2/c1-4-13(5-2)11-8-6-10(7-9-11)12(14)15-3/h6-9H,4-5H2,1-3H3. The predicted molar refractivity (Wildman–Crippen MR) is 61.3 cm³/mol. The van der Waals surface area contributed by atoms with E-state index < -0.39 is 0 Å². The van der Waals surface area contributed by atoms with Crippen molar-refractivity contribution in [2.45, 2.75) is 13.8 Å². The highest BCUT2D eigenvalue weighted by molar-refractivity contribution is 5.89. The summed E-state index contributed by atoms with van der Waals surface area (Å²) in [5, 5.41) is 0. The van der Waals surface area contributed by atoms with Crippen molar-refractivity contribution in [1.82, 2.24) is 0 Å². The molecule has 0 aliphatic carbocycles. The summed E-state index contributed by atoms with van der Waals surface area (Å²) in [6.45, 7) is 6.15. The second-order valence-corrected chi connectivity index (χ2v) is 3.21. The Kier molecular flexibility index (Phi) is 4.16. The lowest BCUT2D eigenvalue weighted by molar-refractivity contribution is 0.0601. The van der Waals surface area contributed by atoms with E-state index in [1.165, 1.54) is 7.11 Å². The molecule has 0 saturated heterocycles. The molecular formula is C12H17NO2. The van der Waals surface area contributed by atoms with E-state index in [1.807, 2.05) is 12.1 Å². The van der Waals surface area contributed by atoms with Crippen molar-refractivity contribution >= 4 is 11.7 Å². The molecule has 0 unspecified atom stereocenters. The number of rotatable bonds is 4. The summed E-state index contributed by atoms with van der Waals surface area (Å²) >= 11 is 0. The van der Waals surface area contributed by atoms with Gasteiger partial charge in [-0.1, -0.05) is 0 Å². The molecule has 0 N–H and O–H groups in total. The molecule has 1 aromatic carbocycles. The minimum absolute atomic E-state index is 0.291. The molecule has 0 saturated carbocycles. The van der Waals surface area contributed by atoms with Gasteiger partial charge in [0.05, 0.1) is 12.7 Å². The molecule has 0 aromatic heterocycles. The summed E-state index contributed by atoms with van der Waals surface area (Å²) in [4.78, 5) is 13.4. The van der Waals surface area contributed by atoms with Crippen molar-refractivity contribution in [3.63, 3.8) is 0 Å². The van der Waals surface area contributed by atoms with Crippen LogP contribution in [0.3, 0.4) is 0 Å². The van der Waals surface area contributed by atoms with Crippen molar-refractivity contribution < 1.29 is 9.53 Å². The number of hydrogen-bond donors (Lipinski definition) is 0. The van der Waals surface area contributed by atoms with E-state index in [4.69, 9.17) is 0 Å². The molecule has 15 heavy (non-hydrogen) atoms. The van der Waals surface area contributed by atoms with Gasteiger partial charge in [-0.25, -0.2) is 4.79 Å². The van der Waals surface area contributed by atoms with Crippen molar-refractivity contribution in [3.8, 4) is 0 Å². The molecule has 0 fully saturated rings. The Labute approximate surface area is 90.7 Å². The maximum Gasteiger partial charge on any atom is 0.337 e. The van der Waals surface area contributed by atoms with Crippen LogP contribution in [0.1, 0.15) is 24.2 Å². The topological polar surface area (TPSA) is 29.5 Å². The molecular weight excluding hydrogens is 190 g/mol. The minimum atomic E-state index is -0.291. The van der Waals surface area contributed by atoms with Crippen molar-refractivity contribution in [2.24, 2.45) is 0 Å². The van der Waals surface area contributed by atoms with Gasteiger partial charge in [0.2, 0.25) is 0 Å². The molecule has 0 radical (unpaired) electrons. The molecule has 0 amide bonds. The fourth-order valence-electron chi connectivity index (χ4n) is 1.51. The third kappa shape index (κ3) is 2.72. The van der Waals surface area contributed by atoms with E-state index in [1.54, 1.807) is 12.1 Å². The molecule has 3 heteroatoms. The van der Waals surface area contributed by atoms with Gasteiger partial charge in [-0.2, -0.15) is 0 Å². The molecule has 0 atom stereocenters. The maximum atomic E-state index is 11.2. The van der Waals surface area contributed by atoms with Crippen LogP contribution >= 0.6 is 0 Å². The van der Waals surface area contributed by atoms with Crippen LogP contribution in [-0.4, -0.2) is 26.2 Å². The number of ether oxygens (including phenoxy) is 1. The lowest BCUT2D eigenvalue weighted by atomic mass is 10.2. The first-order valence-corrected chi connectivity index (χ1v) is 5.16. The van der Waals surface area contributed by atoms with E-state index in [0.717, 1.165) is 18.8 Å². The number of methoxy groups -OCH3 is 1. The van der Waals surface area contributed by atoms with Crippen LogP contribution in [0.25, 0.3) is 0 Å². The molecule has 3 nitrogen and oxygen atoms in total. The molecule has 0 aliphatic heterocycles. The summed E-state index contributed by atoms with van der Waals surface area (Å²) in [7, 11) is 1.39. The van der Waals surface area contributed by atoms with Gasteiger partial charge in [-0.3, -0.25) is 0 Å². The fraction of sp³-hybridized carbons (Fsp3) is 0.417. The van der Waals surface area contributed by atoms with Crippen LogP contribution in [0.4, 0.5) is 5.69 Å². The predicted octanol–water partition coefficient (Wildman–Crippen LogP) is 2.32. The Bertz CT molecular complexity index is 315. The molecule has 82 valence electrons. The van der Waals surface area contributed by atoms with E-state index in [0.29, 0.717) is 5.56 Å². The van der Waals surface area contributed by atoms with Gasteiger partial charge < -0.3 is 9.64 Å². The number of hydrogen-bond acceptors (Lipinski definition) is 3.